The number of hydrogen-bond acceptors (Lipinski definition) is 5. The monoisotopic (exact) mass is 272 g/mol. The second-order valence-electron chi connectivity index (χ2n) is 4.20. The number of hydrogen-bond donors (Lipinski definition) is 2. The fourth-order valence-corrected chi connectivity index (χ4v) is 1.66. The van der Waals surface area contributed by atoms with Crippen molar-refractivity contribution in [2.24, 2.45) is 0 Å². The summed E-state index contributed by atoms with van der Waals surface area (Å²) in [6.45, 7) is 1.88. The Labute approximate surface area is 114 Å². The van der Waals surface area contributed by atoms with E-state index in [9.17, 15) is 14.9 Å². The van der Waals surface area contributed by atoms with E-state index < -0.39 is 10.8 Å². The molecule has 0 saturated carbocycles. The molecule has 1 aromatic heterocycles. The van der Waals surface area contributed by atoms with Gasteiger partial charge in [0.05, 0.1) is 4.92 Å². The molecule has 0 aliphatic carbocycles. The largest absolute Gasteiger partial charge is 0.393 e. The highest BCUT2D eigenvalue weighted by atomic mass is 16.6. The molecule has 3 N–H and O–H groups in total. The van der Waals surface area contributed by atoms with Crippen molar-refractivity contribution in [2.75, 3.05) is 11.1 Å². The predicted octanol–water partition coefficient (Wildman–Crippen LogP) is 2.13. The van der Waals surface area contributed by atoms with E-state index in [4.69, 9.17) is 5.73 Å². The van der Waals surface area contributed by atoms with Gasteiger partial charge in [0.15, 0.2) is 0 Å². The molecule has 0 spiro atoms. The van der Waals surface area contributed by atoms with Crippen molar-refractivity contribution >= 4 is 23.1 Å². The van der Waals surface area contributed by atoms with E-state index in [1.54, 1.807) is 18.3 Å². The number of anilines is 2. The summed E-state index contributed by atoms with van der Waals surface area (Å²) in [6.07, 6.45) is 1.58. The molecule has 7 nitrogen and oxygen atoms in total. The van der Waals surface area contributed by atoms with E-state index >= 15 is 0 Å². The van der Waals surface area contributed by atoms with E-state index in [0.29, 0.717) is 5.82 Å². The number of nitrogens with zero attached hydrogens (tertiary/aromatic N) is 2. The fraction of sp³-hybridized carbons (Fsp3) is 0.0769. The van der Waals surface area contributed by atoms with E-state index in [1.165, 1.54) is 18.2 Å². The van der Waals surface area contributed by atoms with Crippen LogP contribution in [-0.2, 0) is 0 Å². The summed E-state index contributed by atoms with van der Waals surface area (Å²) in [6, 6.07) is 7.34. The van der Waals surface area contributed by atoms with Gasteiger partial charge in [-0.15, -0.1) is 0 Å². The lowest BCUT2D eigenvalue weighted by molar-refractivity contribution is -0.383. The van der Waals surface area contributed by atoms with Crippen LogP contribution in [0.2, 0.25) is 0 Å². The van der Waals surface area contributed by atoms with Gasteiger partial charge in [-0.25, -0.2) is 4.98 Å². The van der Waals surface area contributed by atoms with Gasteiger partial charge in [-0.3, -0.25) is 14.9 Å². The number of benzene rings is 1. The molecule has 0 atom stereocenters. The van der Waals surface area contributed by atoms with Gasteiger partial charge in [0.1, 0.15) is 11.5 Å². The third-order valence-corrected chi connectivity index (χ3v) is 2.64. The molecule has 1 aromatic carbocycles. The average molecular weight is 272 g/mol. The Morgan fingerprint density at radius 2 is 2.10 bits per heavy atom. The third kappa shape index (κ3) is 2.89. The number of aromatic nitrogens is 1. The fourth-order valence-electron chi connectivity index (χ4n) is 1.66. The molecule has 0 saturated heterocycles. The number of nitrogen functional groups attached to an aromatic ring is 1. The average Bonchev–Trinajstić information content (AvgIpc) is 2.38. The van der Waals surface area contributed by atoms with Crippen LogP contribution in [0, 0.1) is 17.0 Å². The SMILES string of the molecule is Cc1ccnc(NC(=O)c2ccc([N+](=O)[O-])c(N)c2)c1. The highest BCUT2D eigenvalue weighted by Gasteiger charge is 2.14. The van der Waals surface area contributed by atoms with Gasteiger partial charge in [0.25, 0.3) is 11.6 Å². The summed E-state index contributed by atoms with van der Waals surface area (Å²) in [5.41, 5.74) is 6.45. The van der Waals surface area contributed by atoms with Crippen LogP contribution in [0.25, 0.3) is 0 Å². The topological polar surface area (TPSA) is 111 Å². The number of amides is 1. The van der Waals surface area contributed by atoms with Crippen molar-refractivity contribution in [1.82, 2.24) is 4.98 Å². The molecule has 0 aliphatic rings. The number of nitro benzene ring substituents is 1. The Morgan fingerprint density at radius 1 is 1.35 bits per heavy atom. The van der Waals surface area contributed by atoms with Crippen molar-refractivity contribution in [2.45, 2.75) is 6.92 Å². The molecule has 0 unspecified atom stereocenters. The highest BCUT2D eigenvalue weighted by molar-refractivity contribution is 6.04. The maximum Gasteiger partial charge on any atom is 0.292 e. The smallest absolute Gasteiger partial charge is 0.292 e. The minimum absolute atomic E-state index is 0.0557. The molecule has 102 valence electrons. The van der Waals surface area contributed by atoms with E-state index in [-0.39, 0.29) is 16.9 Å². The molecule has 0 fully saturated rings. The summed E-state index contributed by atoms with van der Waals surface area (Å²) in [5, 5.41) is 13.2. The Bertz CT molecular complexity index is 685. The quantitative estimate of drug-likeness (QED) is 0.505. The van der Waals surface area contributed by atoms with Gasteiger partial charge in [0, 0.05) is 17.8 Å². The summed E-state index contributed by atoms with van der Waals surface area (Å²) in [7, 11) is 0. The first-order valence-corrected chi connectivity index (χ1v) is 5.75. The third-order valence-electron chi connectivity index (χ3n) is 2.64. The van der Waals surface area contributed by atoms with E-state index in [0.717, 1.165) is 5.56 Å². The summed E-state index contributed by atoms with van der Waals surface area (Å²) < 4.78 is 0. The maximum atomic E-state index is 12.0. The van der Waals surface area contributed by atoms with Gasteiger partial charge >= 0.3 is 0 Å². The Kier molecular flexibility index (Phi) is 3.60. The van der Waals surface area contributed by atoms with Gasteiger partial charge in [0.2, 0.25) is 0 Å². The minimum Gasteiger partial charge on any atom is -0.393 e. The zero-order valence-electron chi connectivity index (χ0n) is 10.7. The molecule has 1 amide bonds. The van der Waals surface area contributed by atoms with Gasteiger partial charge in [-0.05, 0) is 36.8 Å². The lowest BCUT2D eigenvalue weighted by Crippen LogP contribution is -2.13. The Balaban J connectivity index is 2.22. The number of aryl methyl sites for hydroxylation is 1. The summed E-state index contributed by atoms with van der Waals surface area (Å²) in [5.74, 6) is -0.0170. The molecule has 1 heterocycles. The molecule has 20 heavy (non-hydrogen) atoms. The van der Waals surface area contributed by atoms with Gasteiger partial charge < -0.3 is 11.1 Å². The normalized spacial score (nSPS) is 10.1. The van der Waals surface area contributed by atoms with Gasteiger partial charge in [-0.1, -0.05) is 0 Å². The molecule has 7 heteroatoms. The second kappa shape index (κ2) is 5.35. The molecule has 2 rings (SSSR count). The highest BCUT2D eigenvalue weighted by Crippen LogP contribution is 2.22. The van der Waals surface area contributed by atoms with Crippen LogP contribution < -0.4 is 11.1 Å². The van der Waals surface area contributed by atoms with Crippen LogP contribution in [0.1, 0.15) is 15.9 Å². The van der Waals surface area contributed by atoms with Crippen LogP contribution in [0.4, 0.5) is 17.2 Å². The van der Waals surface area contributed by atoms with Crippen LogP contribution in [0.15, 0.2) is 36.5 Å². The zero-order chi connectivity index (χ0) is 14.7. The van der Waals surface area contributed by atoms with Crippen LogP contribution in [0.3, 0.4) is 0 Å². The van der Waals surface area contributed by atoms with Crippen molar-refractivity contribution in [3.8, 4) is 0 Å². The first-order chi connectivity index (χ1) is 9.47. The number of pyridine rings is 1. The predicted molar refractivity (Wildman–Crippen MR) is 74.4 cm³/mol. The number of nitrogens with one attached hydrogen (secondary N) is 1. The number of nitrogens with two attached hydrogens (primary N) is 1. The molecule has 2 aromatic rings. The maximum absolute atomic E-state index is 12.0. The molecule has 0 bridgehead atoms. The van der Waals surface area contributed by atoms with Crippen LogP contribution in [-0.4, -0.2) is 15.8 Å². The summed E-state index contributed by atoms with van der Waals surface area (Å²) in [4.78, 5) is 26.0. The van der Waals surface area contributed by atoms with E-state index in [1.807, 2.05) is 6.92 Å². The molecule has 0 radical (unpaired) electrons. The minimum atomic E-state index is -0.598. The number of carbonyl (C=O) groups is 1. The second-order valence-corrected chi connectivity index (χ2v) is 4.20. The Hall–Kier alpha value is -2.96. The van der Waals surface area contributed by atoms with Crippen molar-refractivity contribution in [3.05, 3.63) is 57.8 Å². The van der Waals surface area contributed by atoms with Crippen LogP contribution >= 0.6 is 0 Å². The van der Waals surface area contributed by atoms with Crippen molar-refractivity contribution < 1.29 is 9.72 Å². The number of rotatable bonds is 3. The first-order valence-electron chi connectivity index (χ1n) is 5.75. The lowest BCUT2D eigenvalue weighted by Gasteiger charge is -2.06. The number of nitro groups is 1. The lowest BCUT2D eigenvalue weighted by atomic mass is 10.1. The zero-order valence-corrected chi connectivity index (χ0v) is 10.7. The van der Waals surface area contributed by atoms with Crippen molar-refractivity contribution in [1.29, 1.82) is 0 Å². The van der Waals surface area contributed by atoms with E-state index in [2.05, 4.69) is 10.3 Å². The van der Waals surface area contributed by atoms with Crippen molar-refractivity contribution in [3.63, 3.8) is 0 Å². The van der Waals surface area contributed by atoms with Gasteiger partial charge in [-0.2, -0.15) is 0 Å². The first kappa shape index (κ1) is 13.5. The standard InChI is InChI=1S/C13H12N4O3/c1-8-4-5-15-12(6-8)16-13(18)9-2-3-11(17(19)20)10(14)7-9/h2-7H,14H2,1H3,(H,15,16,18). The Morgan fingerprint density at radius 3 is 2.70 bits per heavy atom. The molecular weight excluding hydrogens is 260 g/mol. The molecular formula is C13H12N4O3. The number of carbonyl (C=O) groups excluding carboxylic acids is 1. The van der Waals surface area contributed by atoms with Crippen LogP contribution in [0.5, 0.6) is 0 Å². The molecule has 0 aliphatic heterocycles. The summed E-state index contributed by atoms with van der Waals surface area (Å²) >= 11 is 0.